The van der Waals surface area contributed by atoms with Crippen LogP contribution in [0.5, 0.6) is 0 Å². The molecule has 0 saturated carbocycles. The smallest absolute Gasteiger partial charge is 0.182 e. The van der Waals surface area contributed by atoms with Gasteiger partial charge in [0, 0.05) is 24.2 Å². The van der Waals surface area contributed by atoms with Crippen LogP contribution in [0.2, 0.25) is 5.02 Å². The van der Waals surface area contributed by atoms with E-state index in [-0.39, 0.29) is 23.8 Å². The molecule has 2 rings (SSSR count). The van der Waals surface area contributed by atoms with Gasteiger partial charge in [-0.15, -0.1) is 0 Å². The number of nitrogens with two attached hydrogens (primary N) is 1. The van der Waals surface area contributed by atoms with Gasteiger partial charge in [-0.25, -0.2) is 8.78 Å². The first-order valence-corrected chi connectivity index (χ1v) is 6.98. The van der Waals surface area contributed by atoms with E-state index in [0.717, 1.165) is 5.56 Å². The second-order valence-electron chi connectivity index (χ2n) is 4.92. The molecule has 2 N–H and O–H groups in total. The third-order valence-electron chi connectivity index (χ3n) is 3.65. The minimum Gasteiger partial charge on any atom is -0.365 e. The molecule has 0 aliphatic carbocycles. The maximum absolute atomic E-state index is 14.2. The van der Waals surface area contributed by atoms with Crippen molar-refractivity contribution in [2.75, 3.05) is 11.9 Å². The maximum atomic E-state index is 14.2. The van der Waals surface area contributed by atoms with Gasteiger partial charge in [-0.2, -0.15) is 0 Å². The first-order chi connectivity index (χ1) is 9.95. The van der Waals surface area contributed by atoms with Crippen molar-refractivity contribution in [3.05, 3.63) is 64.2 Å². The van der Waals surface area contributed by atoms with Crippen molar-refractivity contribution in [1.82, 2.24) is 0 Å². The van der Waals surface area contributed by atoms with Gasteiger partial charge in [0.2, 0.25) is 0 Å². The van der Waals surface area contributed by atoms with E-state index in [1.165, 1.54) is 6.07 Å². The number of benzene rings is 2. The van der Waals surface area contributed by atoms with Gasteiger partial charge in [0.15, 0.2) is 11.6 Å². The highest BCUT2D eigenvalue weighted by atomic mass is 35.5. The predicted octanol–water partition coefficient (Wildman–Crippen LogP) is 4.27. The summed E-state index contributed by atoms with van der Waals surface area (Å²) in [4.78, 5) is 1.67. The fourth-order valence-corrected chi connectivity index (χ4v) is 2.41. The molecule has 0 aliphatic rings. The molecule has 2 nitrogen and oxygen atoms in total. The van der Waals surface area contributed by atoms with Crippen molar-refractivity contribution in [3.63, 3.8) is 0 Å². The number of anilines is 1. The van der Waals surface area contributed by atoms with Crippen molar-refractivity contribution < 1.29 is 8.78 Å². The summed E-state index contributed by atoms with van der Waals surface area (Å²) in [5.41, 5.74) is 6.66. The van der Waals surface area contributed by atoms with Crippen LogP contribution in [-0.4, -0.2) is 7.05 Å². The highest BCUT2D eigenvalue weighted by Gasteiger charge is 2.19. The van der Waals surface area contributed by atoms with Gasteiger partial charge in [-0.3, -0.25) is 0 Å². The van der Waals surface area contributed by atoms with E-state index in [4.69, 9.17) is 17.3 Å². The van der Waals surface area contributed by atoms with E-state index < -0.39 is 11.6 Å². The highest BCUT2D eigenvalue weighted by Crippen LogP contribution is 2.30. The largest absolute Gasteiger partial charge is 0.365 e. The van der Waals surface area contributed by atoms with Crippen LogP contribution in [0.3, 0.4) is 0 Å². The Morgan fingerprint density at radius 2 is 1.90 bits per heavy atom. The Labute approximate surface area is 128 Å². The summed E-state index contributed by atoms with van der Waals surface area (Å²) in [5, 5.41) is 0.609. The minimum atomic E-state index is -0.889. The Morgan fingerprint density at radius 3 is 2.52 bits per heavy atom. The molecular weight excluding hydrogens is 294 g/mol. The van der Waals surface area contributed by atoms with Crippen molar-refractivity contribution in [2.45, 2.75) is 19.5 Å². The van der Waals surface area contributed by atoms with Crippen molar-refractivity contribution in [1.29, 1.82) is 0 Å². The number of hydrogen-bond donors (Lipinski definition) is 1. The minimum absolute atomic E-state index is 0.0312. The van der Waals surface area contributed by atoms with Gasteiger partial charge in [0.25, 0.3) is 0 Å². The SMILES string of the molecule is CC(c1cccc(Cl)c1)N(C)c1ccc(CN)c(F)c1F. The van der Waals surface area contributed by atoms with Crippen molar-refractivity contribution in [2.24, 2.45) is 5.73 Å². The van der Waals surface area contributed by atoms with Gasteiger partial charge in [0.05, 0.1) is 11.7 Å². The van der Waals surface area contributed by atoms with Crippen LogP contribution < -0.4 is 10.6 Å². The predicted molar refractivity (Wildman–Crippen MR) is 82.5 cm³/mol. The second-order valence-corrected chi connectivity index (χ2v) is 5.35. The summed E-state index contributed by atoms with van der Waals surface area (Å²) in [5.74, 6) is -1.77. The van der Waals surface area contributed by atoms with Crippen molar-refractivity contribution >= 4 is 17.3 Å². The Balaban J connectivity index is 2.36. The molecule has 0 fully saturated rings. The molecule has 0 saturated heterocycles. The fraction of sp³-hybridized carbons (Fsp3) is 0.250. The normalized spacial score (nSPS) is 12.3. The summed E-state index contributed by atoms with van der Waals surface area (Å²) in [7, 11) is 1.71. The third kappa shape index (κ3) is 3.17. The molecule has 0 bridgehead atoms. The number of halogens is 3. The van der Waals surface area contributed by atoms with Crippen LogP contribution in [-0.2, 0) is 6.54 Å². The summed E-state index contributed by atoms with van der Waals surface area (Å²) in [6.45, 7) is 1.87. The zero-order valence-electron chi connectivity index (χ0n) is 11.9. The quantitative estimate of drug-likeness (QED) is 0.913. The monoisotopic (exact) mass is 310 g/mol. The average Bonchev–Trinajstić information content (AvgIpc) is 2.48. The lowest BCUT2D eigenvalue weighted by Crippen LogP contribution is -2.23. The van der Waals surface area contributed by atoms with Crippen LogP contribution >= 0.6 is 11.6 Å². The summed E-state index contributed by atoms with van der Waals surface area (Å²) in [6, 6.07) is 10.2. The molecule has 1 unspecified atom stereocenters. The Hall–Kier alpha value is -1.65. The molecule has 0 spiro atoms. The Kier molecular flexibility index (Phi) is 4.80. The van der Waals surface area contributed by atoms with Crippen LogP contribution in [0.4, 0.5) is 14.5 Å². The number of hydrogen-bond acceptors (Lipinski definition) is 2. The maximum Gasteiger partial charge on any atom is 0.182 e. The molecule has 0 amide bonds. The first-order valence-electron chi connectivity index (χ1n) is 6.61. The fourth-order valence-electron chi connectivity index (χ4n) is 2.21. The summed E-state index contributed by atoms with van der Waals surface area (Å²) < 4.78 is 28.0. The van der Waals surface area contributed by atoms with Crippen LogP contribution in [0.15, 0.2) is 36.4 Å². The van der Waals surface area contributed by atoms with Gasteiger partial charge in [0.1, 0.15) is 0 Å². The van der Waals surface area contributed by atoms with E-state index in [9.17, 15) is 8.78 Å². The molecule has 21 heavy (non-hydrogen) atoms. The van der Waals surface area contributed by atoms with Gasteiger partial charge in [-0.1, -0.05) is 29.8 Å². The van der Waals surface area contributed by atoms with E-state index in [0.29, 0.717) is 5.02 Å². The third-order valence-corrected chi connectivity index (χ3v) is 3.89. The van der Waals surface area contributed by atoms with E-state index >= 15 is 0 Å². The van der Waals surface area contributed by atoms with E-state index in [1.807, 2.05) is 25.1 Å². The molecule has 1 atom stereocenters. The molecule has 112 valence electrons. The van der Waals surface area contributed by atoms with Gasteiger partial charge in [-0.05, 0) is 30.7 Å². The van der Waals surface area contributed by atoms with Gasteiger partial charge >= 0.3 is 0 Å². The lowest BCUT2D eigenvalue weighted by Gasteiger charge is -2.28. The lowest BCUT2D eigenvalue weighted by atomic mass is 10.1. The molecule has 0 radical (unpaired) electrons. The van der Waals surface area contributed by atoms with Crippen LogP contribution in [0.25, 0.3) is 0 Å². The highest BCUT2D eigenvalue weighted by molar-refractivity contribution is 6.30. The summed E-state index contributed by atoms with van der Waals surface area (Å²) >= 11 is 5.97. The zero-order valence-corrected chi connectivity index (χ0v) is 12.7. The molecule has 0 aromatic heterocycles. The topological polar surface area (TPSA) is 29.3 Å². The van der Waals surface area contributed by atoms with E-state index in [1.54, 1.807) is 24.1 Å². The average molecular weight is 311 g/mol. The molecular formula is C16H17ClF2N2. The molecule has 2 aromatic carbocycles. The molecule has 0 aliphatic heterocycles. The van der Waals surface area contributed by atoms with Crippen LogP contribution in [0, 0.1) is 11.6 Å². The zero-order chi connectivity index (χ0) is 15.6. The Morgan fingerprint density at radius 1 is 1.19 bits per heavy atom. The van der Waals surface area contributed by atoms with E-state index in [2.05, 4.69) is 0 Å². The summed E-state index contributed by atoms with van der Waals surface area (Å²) in [6.07, 6.45) is 0. The van der Waals surface area contributed by atoms with Crippen LogP contribution in [0.1, 0.15) is 24.1 Å². The lowest BCUT2D eigenvalue weighted by molar-refractivity contribution is 0.495. The number of rotatable bonds is 4. The first kappa shape index (κ1) is 15.7. The Bertz CT molecular complexity index is 646. The van der Waals surface area contributed by atoms with Crippen molar-refractivity contribution in [3.8, 4) is 0 Å². The standard InChI is InChI=1S/C16H17ClF2N2/c1-10(11-4-3-5-13(17)8-11)21(2)14-7-6-12(9-20)15(18)16(14)19/h3-8,10H,9,20H2,1-2H3. The molecule has 0 heterocycles. The molecule has 5 heteroatoms. The molecule has 2 aromatic rings. The second kappa shape index (κ2) is 6.41. The number of nitrogens with zero attached hydrogens (tertiary/aromatic N) is 1. The van der Waals surface area contributed by atoms with Gasteiger partial charge < -0.3 is 10.6 Å².